The van der Waals surface area contributed by atoms with Crippen molar-refractivity contribution in [2.24, 2.45) is 0 Å². The smallest absolute Gasteiger partial charge is 0.0994 e. The van der Waals surface area contributed by atoms with E-state index in [9.17, 15) is 5.26 Å². The topological polar surface area (TPSA) is 23.8 Å². The van der Waals surface area contributed by atoms with Gasteiger partial charge in [0, 0.05) is 0 Å². The number of rotatable bonds is 3. The zero-order chi connectivity index (χ0) is 12.6. The lowest BCUT2D eigenvalue weighted by molar-refractivity contribution is 0.708. The summed E-state index contributed by atoms with van der Waals surface area (Å²) in [5, 5.41) is 9.18. The maximum atomic E-state index is 9.18. The Labute approximate surface area is 109 Å². The molecule has 1 nitrogen and oxygen atoms in total. The van der Waals surface area contributed by atoms with Crippen LogP contribution in [-0.2, 0) is 0 Å². The molecule has 1 heteroatoms. The van der Waals surface area contributed by atoms with E-state index in [2.05, 4.69) is 24.3 Å². The highest BCUT2D eigenvalue weighted by Gasteiger charge is 2.07. The van der Waals surface area contributed by atoms with Crippen molar-refractivity contribution in [2.45, 2.75) is 25.7 Å². The van der Waals surface area contributed by atoms with Crippen molar-refractivity contribution < 1.29 is 0 Å². The highest BCUT2D eigenvalue weighted by Crippen LogP contribution is 2.23. The lowest BCUT2D eigenvalue weighted by Crippen LogP contribution is -1.93. The van der Waals surface area contributed by atoms with Gasteiger partial charge in [-0.1, -0.05) is 48.6 Å². The first-order chi connectivity index (χ1) is 8.90. The normalized spacial score (nSPS) is 16.4. The average Bonchev–Trinajstić information content (AvgIpc) is 2.46. The van der Waals surface area contributed by atoms with Crippen LogP contribution in [0.1, 0.15) is 31.2 Å². The molecule has 0 atom stereocenters. The molecule has 0 aliphatic heterocycles. The average molecular weight is 235 g/mol. The van der Waals surface area contributed by atoms with Crippen molar-refractivity contribution >= 4 is 6.08 Å². The lowest BCUT2D eigenvalue weighted by atomic mass is 9.94. The standard InChI is InChI=1S/C17H17N/c18-14-17(16-11-5-2-6-12-16)13-7-10-15-8-3-1-4-9-15/h1,3-4,7-11,13H,2,5-6,12H2. The molecule has 1 aliphatic carbocycles. The maximum Gasteiger partial charge on any atom is 0.0994 e. The van der Waals surface area contributed by atoms with E-state index in [1.165, 1.54) is 18.4 Å². The summed E-state index contributed by atoms with van der Waals surface area (Å²) >= 11 is 0. The fraction of sp³-hybridized carbons (Fsp3) is 0.235. The zero-order valence-electron chi connectivity index (χ0n) is 10.5. The van der Waals surface area contributed by atoms with E-state index in [1.807, 2.05) is 36.4 Å². The van der Waals surface area contributed by atoms with Crippen LogP contribution in [0.3, 0.4) is 0 Å². The first kappa shape index (κ1) is 12.4. The zero-order valence-corrected chi connectivity index (χ0v) is 10.5. The van der Waals surface area contributed by atoms with Crippen LogP contribution in [0.25, 0.3) is 6.08 Å². The Morgan fingerprint density at radius 3 is 2.67 bits per heavy atom. The Kier molecular flexibility index (Phi) is 4.55. The van der Waals surface area contributed by atoms with E-state index in [0.29, 0.717) is 0 Å². The second kappa shape index (κ2) is 6.61. The minimum Gasteiger partial charge on any atom is -0.192 e. The molecule has 0 bridgehead atoms. The summed E-state index contributed by atoms with van der Waals surface area (Å²) in [7, 11) is 0. The quantitative estimate of drug-likeness (QED) is 0.552. The third-order valence-corrected chi connectivity index (χ3v) is 3.11. The van der Waals surface area contributed by atoms with Gasteiger partial charge in [0.25, 0.3) is 0 Å². The van der Waals surface area contributed by atoms with E-state index in [4.69, 9.17) is 0 Å². The van der Waals surface area contributed by atoms with Crippen molar-refractivity contribution in [3.05, 3.63) is 65.3 Å². The molecular weight excluding hydrogens is 218 g/mol. The predicted molar refractivity (Wildman–Crippen MR) is 75.7 cm³/mol. The number of benzene rings is 1. The molecule has 2 rings (SSSR count). The predicted octanol–water partition coefficient (Wildman–Crippen LogP) is 4.65. The Balaban J connectivity index is 2.09. The molecule has 18 heavy (non-hydrogen) atoms. The molecule has 0 unspecified atom stereocenters. The Morgan fingerprint density at radius 1 is 1.17 bits per heavy atom. The van der Waals surface area contributed by atoms with Crippen molar-refractivity contribution in [1.29, 1.82) is 5.26 Å². The summed E-state index contributed by atoms with van der Waals surface area (Å²) in [6.45, 7) is 0. The largest absolute Gasteiger partial charge is 0.192 e. The van der Waals surface area contributed by atoms with Gasteiger partial charge in [0.2, 0.25) is 0 Å². The van der Waals surface area contributed by atoms with Gasteiger partial charge in [0.15, 0.2) is 0 Å². The van der Waals surface area contributed by atoms with Gasteiger partial charge >= 0.3 is 0 Å². The fourth-order valence-corrected chi connectivity index (χ4v) is 2.12. The minimum absolute atomic E-state index is 0.807. The third kappa shape index (κ3) is 3.46. The molecule has 0 saturated carbocycles. The number of hydrogen-bond donors (Lipinski definition) is 0. The first-order valence-corrected chi connectivity index (χ1v) is 6.43. The third-order valence-electron chi connectivity index (χ3n) is 3.11. The van der Waals surface area contributed by atoms with Crippen LogP contribution in [-0.4, -0.2) is 0 Å². The van der Waals surface area contributed by atoms with Gasteiger partial charge in [0.05, 0.1) is 11.6 Å². The highest BCUT2D eigenvalue weighted by atomic mass is 14.3. The van der Waals surface area contributed by atoms with Gasteiger partial charge in [-0.15, -0.1) is 0 Å². The Bertz CT molecular complexity index is 512. The van der Waals surface area contributed by atoms with Gasteiger partial charge in [-0.3, -0.25) is 0 Å². The molecule has 90 valence electrons. The first-order valence-electron chi connectivity index (χ1n) is 6.43. The van der Waals surface area contributed by atoms with Crippen LogP contribution in [0.4, 0.5) is 0 Å². The molecule has 0 radical (unpaired) electrons. The molecule has 0 amide bonds. The van der Waals surface area contributed by atoms with Crippen LogP contribution in [0.2, 0.25) is 0 Å². The van der Waals surface area contributed by atoms with E-state index < -0.39 is 0 Å². The van der Waals surface area contributed by atoms with Crippen LogP contribution in [0.15, 0.2) is 59.7 Å². The Morgan fingerprint density at radius 2 is 2.00 bits per heavy atom. The molecule has 0 N–H and O–H groups in total. The highest BCUT2D eigenvalue weighted by molar-refractivity contribution is 5.54. The van der Waals surface area contributed by atoms with Crippen LogP contribution in [0, 0.1) is 11.3 Å². The van der Waals surface area contributed by atoms with Gasteiger partial charge in [0.1, 0.15) is 0 Å². The number of nitriles is 1. The van der Waals surface area contributed by atoms with Gasteiger partial charge in [-0.2, -0.15) is 5.26 Å². The SMILES string of the molecule is N#CC(=CC=Cc1ccccc1)C1=CCCCC1. The van der Waals surface area contributed by atoms with E-state index in [0.717, 1.165) is 24.0 Å². The van der Waals surface area contributed by atoms with Crippen molar-refractivity contribution in [3.8, 4) is 6.07 Å². The summed E-state index contributed by atoms with van der Waals surface area (Å²) in [6, 6.07) is 12.4. The molecule has 0 heterocycles. The molecular formula is C17H17N. The maximum absolute atomic E-state index is 9.18. The number of nitrogens with zero attached hydrogens (tertiary/aromatic N) is 1. The van der Waals surface area contributed by atoms with Crippen molar-refractivity contribution in [1.82, 2.24) is 0 Å². The molecule has 1 aromatic carbocycles. The van der Waals surface area contributed by atoms with Gasteiger partial charge < -0.3 is 0 Å². The minimum atomic E-state index is 0.807. The van der Waals surface area contributed by atoms with E-state index in [-0.39, 0.29) is 0 Å². The number of allylic oxidation sites excluding steroid dienone is 5. The fourth-order valence-electron chi connectivity index (χ4n) is 2.12. The molecule has 0 fully saturated rings. The van der Waals surface area contributed by atoms with Gasteiger partial charge in [-0.05, 0) is 42.9 Å². The molecule has 0 spiro atoms. The summed E-state index contributed by atoms with van der Waals surface area (Å²) in [4.78, 5) is 0. The lowest BCUT2D eigenvalue weighted by Gasteiger charge is -2.10. The van der Waals surface area contributed by atoms with Crippen molar-refractivity contribution in [3.63, 3.8) is 0 Å². The van der Waals surface area contributed by atoms with Gasteiger partial charge in [-0.25, -0.2) is 0 Å². The van der Waals surface area contributed by atoms with Crippen molar-refractivity contribution in [2.75, 3.05) is 0 Å². The molecule has 0 aromatic heterocycles. The number of hydrogen-bond acceptors (Lipinski definition) is 1. The summed E-state index contributed by atoms with van der Waals surface area (Å²) < 4.78 is 0. The second-order valence-electron chi connectivity index (χ2n) is 4.44. The van der Waals surface area contributed by atoms with E-state index in [1.54, 1.807) is 0 Å². The summed E-state index contributed by atoms with van der Waals surface area (Å²) in [5.74, 6) is 0. The molecule has 1 aliphatic rings. The summed E-state index contributed by atoms with van der Waals surface area (Å²) in [6.07, 6.45) is 12.7. The molecule has 0 saturated heterocycles. The van der Waals surface area contributed by atoms with Crippen LogP contribution >= 0.6 is 0 Å². The monoisotopic (exact) mass is 235 g/mol. The van der Waals surface area contributed by atoms with E-state index >= 15 is 0 Å². The van der Waals surface area contributed by atoms with Crippen LogP contribution < -0.4 is 0 Å². The second-order valence-corrected chi connectivity index (χ2v) is 4.44. The summed E-state index contributed by atoms with van der Waals surface area (Å²) in [5.41, 5.74) is 3.17. The van der Waals surface area contributed by atoms with Crippen LogP contribution in [0.5, 0.6) is 0 Å². The molecule has 1 aromatic rings. The Hall–Kier alpha value is -2.07.